The van der Waals surface area contributed by atoms with Gasteiger partial charge >= 0.3 is 0 Å². The van der Waals surface area contributed by atoms with Crippen molar-refractivity contribution in [3.63, 3.8) is 0 Å². The Kier molecular flexibility index (Phi) is 7.95. The first-order valence-electron chi connectivity index (χ1n) is 8.81. The SMILES string of the molecule is Cl.O=C(COCC1CC1)N(Cc1ccccn1)C1CCCNCC1. The maximum absolute atomic E-state index is 12.7. The average Bonchev–Trinajstić information content (AvgIpc) is 3.40. The van der Waals surface area contributed by atoms with Gasteiger partial charge in [0.05, 0.1) is 18.8 Å². The molecule has 2 aliphatic rings. The first-order valence-corrected chi connectivity index (χ1v) is 8.81. The van der Waals surface area contributed by atoms with Gasteiger partial charge in [0.25, 0.3) is 0 Å². The van der Waals surface area contributed by atoms with Crippen LogP contribution in [-0.2, 0) is 16.1 Å². The van der Waals surface area contributed by atoms with E-state index in [0.29, 0.717) is 12.5 Å². The van der Waals surface area contributed by atoms with E-state index in [-0.39, 0.29) is 31.0 Å². The topological polar surface area (TPSA) is 54.5 Å². The number of hydrogen-bond donors (Lipinski definition) is 1. The Labute approximate surface area is 150 Å². The van der Waals surface area contributed by atoms with Crippen LogP contribution in [0.3, 0.4) is 0 Å². The van der Waals surface area contributed by atoms with Crippen LogP contribution in [0.4, 0.5) is 0 Å². The largest absolute Gasteiger partial charge is 0.371 e. The highest BCUT2D eigenvalue weighted by atomic mass is 35.5. The van der Waals surface area contributed by atoms with E-state index >= 15 is 0 Å². The number of halogens is 1. The summed E-state index contributed by atoms with van der Waals surface area (Å²) in [6, 6.07) is 6.15. The van der Waals surface area contributed by atoms with Gasteiger partial charge in [-0.15, -0.1) is 12.4 Å². The molecule has 1 unspecified atom stereocenters. The molecule has 1 aliphatic heterocycles. The minimum Gasteiger partial charge on any atom is -0.371 e. The zero-order chi connectivity index (χ0) is 15.9. The fraction of sp³-hybridized carbons (Fsp3) is 0.667. The molecule has 3 rings (SSSR count). The number of carbonyl (C=O) groups excluding carboxylic acids is 1. The molecule has 0 radical (unpaired) electrons. The second-order valence-electron chi connectivity index (χ2n) is 6.64. The highest BCUT2D eigenvalue weighted by molar-refractivity contribution is 5.85. The number of aromatic nitrogens is 1. The smallest absolute Gasteiger partial charge is 0.249 e. The molecule has 1 atom stereocenters. The van der Waals surface area contributed by atoms with E-state index in [0.717, 1.165) is 44.7 Å². The molecule has 0 aromatic carbocycles. The maximum atomic E-state index is 12.7. The lowest BCUT2D eigenvalue weighted by atomic mass is 10.1. The average molecular weight is 354 g/mol. The highest BCUT2D eigenvalue weighted by Gasteiger charge is 2.26. The fourth-order valence-electron chi connectivity index (χ4n) is 3.08. The van der Waals surface area contributed by atoms with Crippen molar-refractivity contribution in [1.29, 1.82) is 0 Å². The van der Waals surface area contributed by atoms with E-state index in [9.17, 15) is 4.79 Å². The molecule has 0 bridgehead atoms. The number of hydrogen-bond acceptors (Lipinski definition) is 4. The number of ether oxygens (including phenoxy) is 1. The minimum absolute atomic E-state index is 0. The van der Waals surface area contributed by atoms with Crippen LogP contribution in [0.2, 0.25) is 0 Å². The summed E-state index contributed by atoms with van der Waals surface area (Å²) in [6.45, 7) is 3.53. The van der Waals surface area contributed by atoms with Crippen molar-refractivity contribution < 1.29 is 9.53 Å². The summed E-state index contributed by atoms with van der Waals surface area (Å²) in [5.41, 5.74) is 0.945. The zero-order valence-electron chi connectivity index (χ0n) is 14.2. The van der Waals surface area contributed by atoms with Crippen LogP contribution in [0.15, 0.2) is 24.4 Å². The normalized spacial score (nSPS) is 20.8. The van der Waals surface area contributed by atoms with Gasteiger partial charge < -0.3 is 15.0 Å². The third-order valence-corrected chi connectivity index (χ3v) is 4.64. The number of amides is 1. The zero-order valence-corrected chi connectivity index (χ0v) is 15.0. The lowest BCUT2D eigenvalue weighted by Crippen LogP contribution is -2.42. The van der Waals surface area contributed by atoms with Crippen LogP contribution in [0.1, 0.15) is 37.8 Å². The Bertz CT molecular complexity index is 488. The van der Waals surface area contributed by atoms with Crippen molar-refractivity contribution in [1.82, 2.24) is 15.2 Å². The quantitative estimate of drug-likeness (QED) is 0.817. The fourth-order valence-corrected chi connectivity index (χ4v) is 3.08. The molecule has 134 valence electrons. The molecule has 0 spiro atoms. The number of carbonyl (C=O) groups is 1. The van der Waals surface area contributed by atoms with E-state index < -0.39 is 0 Å². The summed E-state index contributed by atoms with van der Waals surface area (Å²) in [7, 11) is 0. The Morgan fingerprint density at radius 2 is 2.12 bits per heavy atom. The van der Waals surface area contributed by atoms with Gasteiger partial charge in [-0.1, -0.05) is 6.07 Å². The molecular weight excluding hydrogens is 326 g/mol. The summed E-state index contributed by atoms with van der Waals surface area (Å²) >= 11 is 0. The summed E-state index contributed by atoms with van der Waals surface area (Å²) in [5.74, 6) is 0.789. The Balaban J connectivity index is 0.00000208. The van der Waals surface area contributed by atoms with Crippen molar-refractivity contribution in [2.24, 2.45) is 5.92 Å². The molecule has 1 saturated heterocycles. The lowest BCUT2D eigenvalue weighted by molar-refractivity contribution is -0.139. The van der Waals surface area contributed by atoms with E-state index in [4.69, 9.17) is 4.74 Å². The first-order chi connectivity index (χ1) is 11.3. The third-order valence-electron chi connectivity index (χ3n) is 4.64. The van der Waals surface area contributed by atoms with Crippen molar-refractivity contribution >= 4 is 18.3 Å². The predicted octanol–water partition coefficient (Wildman–Crippen LogP) is 2.40. The van der Waals surface area contributed by atoms with Crippen molar-refractivity contribution in [3.05, 3.63) is 30.1 Å². The molecular formula is C18H28ClN3O2. The van der Waals surface area contributed by atoms with Crippen LogP contribution in [0, 0.1) is 5.92 Å². The van der Waals surface area contributed by atoms with Gasteiger partial charge in [-0.2, -0.15) is 0 Å². The van der Waals surface area contributed by atoms with Crippen molar-refractivity contribution in [3.8, 4) is 0 Å². The second-order valence-corrected chi connectivity index (χ2v) is 6.64. The molecule has 24 heavy (non-hydrogen) atoms. The van der Waals surface area contributed by atoms with Gasteiger partial charge in [0.15, 0.2) is 0 Å². The van der Waals surface area contributed by atoms with Crippen LogP contribution in [-0.4, -0.2) is 48.1 Å². The lowest BCUT2D eigenvalue weighted by Gasteiger charge is -2.31. The van der Waals surface area contributed by atoms with E-state index in [1.165, 1.54) is 12.8 Å². The van der Waals surface area contributed by atoms with Crippen LogP contribution < -0.4 is 5.32 Å². The Morgan fingerprint density at radius 3 is 2.88 bits per heavy atom. The van der Waals surface area contributed by atoms with Gasteiger partial charge in [0.2, 0.25) is 5.91 Å². The molecule has 6 heteroatoms. The maximum Gasteiger partial charge on any atom is 0.249 e. The van der Waals surface area contributed by atoms with E-state index in [2.05, 4.69) is 10.3 Å². The third kappa shape index (κ3) is 6.04. The van der Waals surface area contributed by atoms with Crippen LogP contribution >= 0.6 is 12.4 Å². The molecule has 1 amide bonds. The first kappa shape index (κ1) is 19.2. The van der Waals surface area contributed by atoms with Gasteiger partial charge in [-0.25, -0.2) is 0 Å². The number of rotatable bonds is 7. The number of nitrogens with zero attached hydrogens (tertiary/aromatic N) is 2. The van der Waals surface area contributed by atoms with E-state index in [1.54, 1.807) is 6.20 Å². The predicted molar refractivity (Wildman–Crippen MR) is 96.1 cm³/mol. The molecule has 1 saturated carbocycles. The molecule has 2 heterocycles. The molecule has 1 aliphatic carbocycles. The van der Waals surface area contributed by atoms with Crippen LogP contribution in [0.5, 0.6) is 0 Å². The van der Waals surface area contributed by atoms with Gasteiger partial charge in [-0.3, -0.25) is 9.78 Å². The van der Waals surface area contributed by atoms with E-state index in [1.807, 2.05) is 23.1 Å². The number of pyridine rings is 1. The minimum atomic E-state index is 0. The van der Waals surface area contributed by atoms with Crippen molar-refractivity contribution in [2.75, 3.05) is 26.3 Å². The van der Waals surface area contributed by atoms with Gasteiger partial charge in [0, 0.05) is 12.2 Å². The molecule has 5 nitrogen and oxygen atoms in total. The Morgan fingerprint density at radius 1 is 1.25 bits per heavy atom. The van der Waals surface area contributed by atoms with Gasteiger partial charge in [0.1, 0.15) is 6.61 Å². The summed E-state index contributed by atoms with van der Waals surface area (Å²) in [5, 5.41) is 3.42. The molecule has 2 fully saturated rings. The summed E-state index contributed by atoms with van der Waals surface area (Å²) in [6.07, 6.45) is 7.45. The molecule has 1 aromatic heterocycles. The summed E-state index contributed by atoms with van der Waals surface area (Å²) < 4.78 is 5.63. The highest BCUT2D eigenvalue weighted by Crippen LogP contribution is 2.28. The van der Waals surface area contributed by atoms with Gasteiger partial charge in [-0.05, 0) is 63.2 Å². The van der Waals surface area contributed by atoms with Crippen molar-refractivity contribution in [2.45, 2.75) is 44.7 Å². The molecule has 1 aromatic rings. The standard InChI is InChI=1S/C18H27N3O2.ClH/c22-18(14-23-13-15-6-7-15)21(12-16-4-1-2-10-20-16)17-5-3-9-19-11-8-17;/h1-2,4,10,15,17,19H,3,5-9,11-14H2;1H. The molecule has 1 N–H and O–H groups in total. The second kappa shape index (κ2) is 9.97. The van der Waals surface area contributed by atoms with Crippen LogP contribution in [0.25, 0.3) is 0 Å². The number of nitrogens with one attached hydrogen (secondary N) is 1. The summed E-state index contributed by atoms with van der Waals surface area (Å²) in [4.78, 5) is 19.1. The Hall–Kier alpha value is -1.17. The monoisotopic (exact) mass is 353 g/mol.